The second-order valence-electron chi connectivity index (χ2n) is 4.67. The normalized spacial score (nSPS) is 10.7. The summed E-state index contributed by atoms with van der Waals surface area (Å²) in [4.78, 5) is 0. The predicted molar refractivity (Wildman–Crippen MR) is 75.3 cm³/mol. The Morgan fingerprint density at radius 3 is 2.33 bits per heavy atom. The summed E-state index contributed by atoms with van der Waals surface area (Å²) >= 11 is 0. The van der Waals surface area contributed by atoms with Gasteiger partial charge in [-0.05, 0) is 44.0 Å². The fraction of sp³-hybridized carbons (Fsp3) is 0.600. The van der Waals surface area contributed by atoms with Crippen molar-refractivity contribution in [3.63, 3.8) is 0 Å². The minimum absolute atomic E-state index is 0.656. The van der Waals surface area contributed by atoms with E-state index in [0.29, 0.717) is 19.1 Å². The van der Waals surface area contributed by atoms with Crippen molar-refractivity contribution in [2.45, 2.75) is 34.2 Å². The lowest BCUT2D eigenvalue weighted by Crippen LogP contribution is -2.18. The molecule has 3 heteroatoms. The first-order valence-corrected chi connectivity index (χ1v) is 6.76. The average Bonchev–Trinajstić information content (AvgIpc) is 2.32. The Labute approximate surface area is 110 Å². The van der Waals surface area contributed by atoms with E-state index in [1.807, 2.05) is 19.9 Å². The second-order valence-corrected chi connectivity index (χ2v) is 4.67. The third-order valence-electron chi connectivity index (χ3n) is 2.49. The van der Waals surface area contributed by atoms with Crippen LogP contribution in [0.3, 0.4) is 0 Å². The maximum Gasteiger partial charge on any atom is 0.161 e. The minimum atomic E-state index is 0.656. The molecule has 0 aliphatic rings. The number of hydrogen-bond donors (Lipinski definition) is 1. The van der Waals surface area contributed by atoms with Gasteiger partial charge in [0.15, 0.2) is 11.5 Å². The molecule has 0 aliphatic carbocycles. The van der Waals surface area contributed by atoms with Crippen LogP contribution < -0.4 is 14.8 Å². The standard InChI is InChI=1S/C15H25NO2/c1-5-17-14-8-7-13(9-15(14)18-6-2)11-16-10-12(3)4/h7-9,12,16H,5-6,10-11H2,1-4H3. The summed E-state index contributed by atoms with van der Waals surface area (Å²) in [7, 11) is 0. The molecule has 18 heavy (non-hydrogen) atoms. The Morgan fingerprint density at radius 1 is 1.06 bits per heavy atom. The van der Waals surface area contributed by atoms with E-state index in [1.54, 1.807) is 0 Å². The van der Waals surface area contributed by atoms with Gasteiger partial charge in [-0.15, -0.1) is 0 Å². The van der Waals surface area contributed by atoms with Crippen molar-refractivity contribution in [1.82, 2.24) is 5.32 Å². The fourth-order valence-electron chi connectivity index (χ4n) is 1.71. The zero-order chi connectivity index (χ0) is 13.4. The molecule has 1 rings (SSSR count). The van der Waals surface area contributed by atoms with E-state index in [1.165, 1.54) is 5.56 Å². The molecule has 1 aromatic rings. The lowest BCUT2D eigenvalue weighted by atomic mass is 10.2. The summed E-state index contributed by atoms with van der Waals surface area (Å²) in [6, 6.07) is 6.13. The summed E-state index contributed by atoms with van der Waals surface area (Å²) in [5.41, 5.74) is 1.22. The fourth-order valence-corrected chi connectivity index (χ4v) is 1.71. The predicted octanol–water partition coefficient (Wildman–Crippen LogP) is 3.23. The summed E-state index contributed by atoms with van der Waals surface area (Å²) < 4.78 is 11.1. The molecular formula is C15H25NO2. The van der Waals surface area contributed by atoms with Crippen LogP contribution in [-0.4, -0.2) is 19.8 Å². The molecule has 0 fully saturated rings. The van der Waals surface area contributed by atoms with Crippen molar-refractivity contribution in [1.29, 1.82) is 0 Å². The summed E-state index contributed by atoms with van der Waals surface area (Å²) in [5, 5.41) is 3.43. The van der Waals surface area contributed by atoms with E-state index < -0.39 is 0 Å². The second kappa shape index (κ2) is 7.98. The van der Waals surface area contributed by atoms with Crippen LogP contribution in [0, 0.1) is 5.92 Å². The Morgan fingerprint density at radius 2 is 1.72 bits per heavy atom. The number of rotatable bonds is 8. The van der Waals surface area contributed by atoms with E-state index in [-0.39, 0.29) is 0 Å². The third-order valence-corrected chi connectivity index (χ3v) is 2.49. The van der Waals surface area contributed by atoms with Crippen LogP contribution >= 0.6 is 0 Å². The number of benzene rings is 1. The van der Waals surface area contributed by atoms with Crippen molar-refractivity contribution in [3.8, 4) is 11.5 Å². The molecule has 0 bridgehead atoms. The molecule has 0 saturated heterocycles. The Balaban J connectivity index is 2.66. The quantitative estimate of drug-likeness (QED) is 0.769. The molecule has 0 atom stereocenters. The molecule has 0 spiro atoms. The van der Waals surface area contributed by atoms with Gasteiger partial charge in [-0.1, -0.05) is 19.9 Å². The van der Waals surface area contributed by atoms with E-state index in [0.717, 1.165) is 24.6 Å². The highest BCUT2D eigenvalue weighted by Gasteiger charge is 2.06. The van der Waals surface area contributed by atoms with Crippen LogP contribution in [0.2, 0.25) is 0 Å². The van der Waals surface area contributed by atoms with Gasteiger partial charge in [0, 0.05) is 6.54 Å². The van der Waals surface area contributed by atoms with Crippen molar-refractivity contribution < 1.29 is 9.47 Å². The van der Waals surface area contributed by atoms with Crippen LogP contribution in [0.15, 0.2) is 18.2 Å². The largest absolute Gasteiger partial charge is 0.490 e. The molecule has 0 heterocycles. The van der Waals surface area contributed by atoms with E-state index in [4.69, 9.17) is 9.47 Å². The van der Waals surface area contributed by atoms with Crippen molar-refractivity contribution >= 4 is 0 Å². The molecule has 1 aromatic carbocycles. The van der Waals surface area contributed by atoms with Crippen LogP contribution in [0.1, 0.15) is 33.3 Å². The van der Waals surface area contributed by atoms with Gasteiger partial charge in [0.05, 0.1) is 13.2 Å². The van der Waals surface area contributed by atoms with E-state index >= 15 is 0 Å². The molecule has 0 saturated carbocycles. The average molecular weight is 251 g/mol. The van der Waals surface area contributed by atoms with Gasteiger partial charge in [0.1, 0.15) is 0 Å². The Hall–Kier alpha value is -1.22. The van der Waals surface area contributed by atoms with Gasteiger partial charge < -0.3 is 14.8 Å². The van der Waals surface area contributed by atoms with Gasteiger partial charge in [0.2, 0.25) is 0 Å². The van der Waals surface area contributed by atoms with Gasteiger partial charge in [-0.25, -0.2) is 0 Å². The third kappa shape index (κ3) is 4.96. The zero-order valence-corrected chi connectivity index (χ0v) is 12.0. The first-order valence-electron chi connectivity index (χ1n) is 6.76. The monoisotopic (exact) mass is 251 g/mol. The Bertz CT molecular complexity index is 350. The molecule has 0 aliphatic heterocycles. The molecule has 0 aromatic heterocycles. The van der Waals surface area contributed by atoms with Crippen molar-refractivity contribution in [2.24, 2.45) is 5.92 Å². The van der Waals surface area contributed by atoms with Crippen LogP contribution in [-0.2, 0) is 6.54 Å². The highest BCUT2D eigenvalue weighted by Crippen LogP contribution is 2.28. The van der Waals surface area contributed by atoms with E-state index in [2.05, 4.69) is 31.3 Å². The molecule has 3 nitrogen and oxygen atoms in total. The van der Waals surface area contributed by atoms with Crippen LogP contribution in [0.5, 0.6) is 11.5 Å². The SMILES string of the molecule is CCOc1ccc(CNCC(C)C)cc1OCC. The topological polar surface area (TPSA) is 30.5 Å². The lowest BCUT2D eigenvalue weighted by Gasteiger charge is -2.13. The van der Waals surface area contributed by atoms with Gasteiger partial charge in [-0.3, -0.25) is 0 Å². The Kier molecular flexibility index (Phi) is 6.58. The van der Waals surface area contributed by atoms with Crippen molar-refractivity contribution in [3.05, 3.63) is 23.8 Å². The number of nitrogens with one attached hydrogen (secondary N) is 1. The van der Waals surface area contributed by atoms with Gasteiger partial charge in [0.25, 0.3) is 0 Å². The lowest BCUT2D eigenvalue weighted by molar-refractivity contribution is 0.287. The molecule has 0 radical (unpaired) electrons. The molecule has 0 amide bonds. The van der Waals surface area contributed by atoms with Crippen LogP contribution in [0.25, 0.3) is 0 Å². The maximum atomic E-state index is 5.60. The first kappa shape index (κ1) is 14.8. The molecular weight excluding hydrogens is 226 g/mol. The number of hydrogen-bond acceptors (Lipinski definition) is 3. The van der Waals surface area contributed by atoms with Gasteiger partial charge >= 0.3 is 0 Å². The maximum absolute atomic E-state index is 5.60. The molecule has 1 N–H and O–H groups in total. The van der Waals surface area contributed by atoms with Crippen LogP contribution in [0.4, 0.5) is 0 Å². The summed E-state index contributed by atoms with van der Waals surface area (Å²) in [6.07, 6.45) is 0. The number of ether oxygens (including phenoxy) is 2. The highest BCUT2D eigenvalue weighted by atomic mass is 16.5. The first-order chi connectivity index (χ1) is 8.67. The smallest absolute Gasteiger partial charge is 0.161 e. The van der Waals surface area contributed by atoms with Gasteiger partial charge in [-0.2, -0.15) is 0 Å². The molecule has 0 unspecified atom stereocenters. The molecule has 102 valence electrons. The summed E-state index contributed by atoms with van der Waals surface area (Å²) in [6.45, 7) is 11.6. The van der Waals surface area contributed by atoms with E-state index in [9.17, 15) is 0 Å². The highest BCUT2D eigenvalue weighted by molar-refractivity contribution is 5.43. The zero-order valence-electron chi connectivity index (χ0n) is 12.0. The minimum Gasteiger partial charge on any atom is -0.490 e. The van der Waals surface area contributed by atoms with Crippen molar-refractivity contribution in [2.75, 3.05) is 19.8 Å². The summed E-state index contributed by atoms with van der Waals surface area (Å²) in [5.74, 6) is 2.33.